The summed E-state index contributed by atoms with van der Waals surface area (Å²) in [5.74, 6) is -0.282. The van der Waals surface area contributed by atoms with E-state index in [9.17, 15) is 8.78 Å². The zero-order chi connectivity index (χ0) is 12.3. The second-order valence-corrected chi connectivity index (χ2v) is 5.54. The monoisotopic (exact) mass is 258 g/mol. The van der Waals surface area contributed by atoms with Gasteiger partial charge in [0.2, 0.25) is 0 Å². The van der Waals surface area contributed by atoms with Gasteiger partial charge in [0, 0.05) is 5.38 Å². The number of alkyl halides is 1. The van der Waals surface area contributed by atoms with Gasteiger partial charge in [-0.05, 0) is 48.9 Å². The van der Waals surface area contributed by atoms with Gasteiger partial charge in [-0.3, -0.25) is 0 Å². The van der Waals surface area contributed by atoms with Crippen LogP contribution in [0.25, 0.3) is 0 Å². The maximum atomic E-state index is 13.5. The Hall–Kier alpha value is -0.630. The molecule has 0 aliphatic heterocycles. The van der Waals surface area contributed by atoms with Gasteiger partial charge in [-0.15, -0.1) is 11.6 Å². The van der Waals surface area contributed by atoms with E-state index < -0.39 is 0 Å². The SMILES string of the molecule is Fc1ccc(F)c(CC2CCCCC(Cl)C2)c1. The van der Waals surface area contributed by atoms with Crippen LogP contribution in [0.5, 0.6) is 0 Å². The summed E-state index contributed by atoms with van der Waals surface area (Å²) >= 11 is 6.19. The van der Waals surface area contributed by atoms with Crippen molar-refractivity contribution in [1.29, 1.82) is 0 Å². The Labute approximate surface area is 106 Å². The summed E-state index contributed by atoms with van der Waals surface area (Å²) < 4.78 is 26.6. The first-order valence-electron chi connectivity index (χ1n) is 6.23. The molecule has 3 heteroatoms. The Morgan fingerprint density at radius 2 is 1.94 bits per heavy atom. The molecule has 94 valence electrons. The first kappa shape index (κ1) is 12.8. The number of rotatable bonds is 2. The maximum absolute atomic E-state index is 13.5. The molecule has 0 radical (unpaired) electrons. The minimum atomic E-state index is -0.363. The summed E-state index contributed by atoms with van der Waals surface area (Å²) in [6.07, 6.45) is 5.92. The summed E-state index contributed by atoms with van der Waals surface area (Å²) in [5.41, 5.74) is 0.487. The fraction of sp³-hybridized carbons (Fsp3) is 0.571. The van der Waals surface area contributed by atoms with Gasteiger partial charge in [0.05, 0.1) is 0 Å². The Kier molecular flexibility index (Phi) is 4.38. The molecule has 0 nitrogen and oxygen atoms in total. The van der Waals surface area contributed by atoms with E-state index in [4.69, 9.17) is 11.6 Å². The van der Waals surface area contributed by atoms with Crippen molar-refractivity contribution in [2.75, 3.05) is 0 Å². The highest BCUT2D eigenvalue weighted by Gasteiger charge is 2.20. The number of halogens is 3. The minimum Gasteiger partial charge on any atom is -0.207 e. The van der Waals surface area contributed by atoms with E-state index in [0.29, 0.717) is 17.9 Å². The largest absolute Gasteiger partial charge is 0.207 e. The number of hydrogen-bond acceptors (Lipinski definition) is 0. The average molecular weight is 259 g/mol. The van der Waals surface area contributed by atoms with Crippen LogP contribution in [0.4, 0.5) is 8.78 Å². The Morgan fingerprint density at radius 3 is 2.76 bits per heavy atom. The van der Waals surface area contributed by atoms with Crippen LogP contribution in [0.1, 0.15) is 37.7 Å². The van der Waals surface area contributed by atoms with E-state index in [1.165, 1.54) is 12.1 Å². The molecule has 0 amide bonds. The lowest BCUT2D eigenvalue weighted by Gasteiger charge is -2.16. The highest BCUT2D eigenvalue weighted by atomic mass is 35.5. The van der Waals surface area contributed by atoms with E-state index >= 15 is 0 Å². The predicted octanol–water partition coefficient (Wildman–Crippen LogP) is 4.70. The van der Waals surface area contributed by atoms with Crippen molar-refractivity contribution in [3.05, 3.63) is 35.4 Å². The van der Waals surface area contributed by atoms with Gasteiger partial charge in [0.15, 0.2) is 0 Å². The Bertz CT molecular complexity index is 378. The second-order valence-electron chi connectivity index (χ2n) is 4.92. The average Bonchev–Trinajstić information content (AvgIpc) is 2.48. The van der Waals surface area contributed by atoms with E-state index in [2.05, 4.69) is 0 Å². The van der Waals surface area contributed by atoms with E-state index in [1.807, 2.05) is 0 Å². The van der Waals surface area contributed by atoms with Crippen LogP contribution in [0.2, 0.25) is 0 Å². The highest BCUT2D eigenvalue weighted by molar-refractivity contribution is 6.20. The zero-order valence-electron chi connectivity index (χ0n) is 9.76. The van der Waals surface area contributed by atoms with Crippen molar-refractivity contribution in [3.8, 4) is 0 Å². The summed E-state index contributed by atoms with van der Waals surface area (Å²) in [7, 11) is 0. The lowest BCUT2D eigenvalue weighted by Crippen LogP contribution is -2.10. The first-order chi connectivity index (χ1) is 8.15. The van der Waals surface area contributed by atoms with Gasteiger partial charge >= 0.3 is 0 Å². The molecule has 17 heavy (non-hydrogen) atoms. The summed E-state index contributed by atoms with van der Waals surface area (Å²) in [5, 5.41) is 0.194. The van der Waals surface area contributed by atoms with Crippen molar-refractivity contribution in [1.82, 2.24) is 0 Å². The topological polar surface area (TPSA) is 0 Å². The van der Waals surface area contributed by atoms with Gasteiger partial charge in [0.25, 0.3) is 0 Å². The lowest BCUT2D eigenvalue weighted by atomic mass is 9.92. The predicted molar refractivity (Wildman–Crippen MR) is 66.3 cm³/mol. The molecule has 0 aromatic heterocycles. The standard InChI is InChI=1S/C14H17ClF2/c15-12-4-2-1-3-10(8-12)7-11-9-13(16)5-6-14(11)17/h5-6,9-10,12H,1-4,7-8H2. The van der Waals surface area contributed by atoms with Crippen molar-refractivity contribution < 1.29 is 8.78 Å². The van der Waals surface area contributed by atoms with Crippen LogP contribution in [0.3, 0.4) is 0 Å². The number of hydrogen-bond donors (Lipinski definition) is 0. The van der Waals surface area contributed by atoms with Crippen molar-refractivity contribution in [2.24, 2.45) is 5.92 Å². The minimum absolute atomic E-state index is 0.194. The molecule has 0 saturated heterocycles. The molecule has 2 unspecified atom stereocenters. The van der Waals surface area contributed by atoms with Crippen LogP contribution in [-0.4, -0.2) is 5.38 Å². The molecular weight excluding hydrogens is 242 g/mol. The van der Waals surface area contributed by atoms with Crippen LogP contribution < -0.4 is 0 Å². The first-order valence-corrected chi connectivity index (χ1v) is 6.67. The van der Waals surface area contributed by atoms with Gasteiger partial charge in [-0.1, -0.05) is 19.3 Å². The molecule has 2 atom stereocenters. The highest BCUT2D eigenvalue weighted by Crippen LogP contribution is 2.29. The fourth-order valence-electron chi connectivity index (χ4n) is 2.59. The quantitative estimate of drug-likeness (QED) is 0.533. The lowest BCUT2D eigenvalue weighted by molar-refractivity contribution is 0.448. The summed E-state index contributed by atoms with van der Waals surface area (Å²) in [4.78, 5) is 0. The van der Waals surface area contributed by atoms with Crippen LogP contribution in [0, 0.1) is 17.6 Å². The molecule has 2 rings (SSSR count). The molecule has 0 N–H and O–H groups in total. The van der Waals surface area contributed by atoms with Crippen molar-refractivity contribution >= 4 is 11.6 Å². The van der Waals surface area contributed by atoms with Crippen molar-refractivity contribution in [3.63, 3.8) is 0 Å². The Balaban J connectivity index is 2.06. The molecule has 1 aliphatic rings. The van der Waals surface area contributed by atoms with Gasteiger partial charge < -0.3 is 0 Å². The third-order valence-corrected chi connectivity index (χ3v) is 3.88. The molecule has 1 aliphatic carbocycles. The summed E-state index contributed by atoms with van der Waals surface area (Å²) in [6, 6.07) is 3.68. The smallest absolute Gasteiger partial charge is 0.126 e. The van der Waals surface area contributed by atoms with Crippen LogP contribution in [-0.2, 0) is 6.42 Å². The molecule has 1 saturated carbocycles. The maximum Gasteiger partial charge on any atom is 0.126 e. The molecule has 1 aromatic carbocycles. The Morgan fingerprint density at radius 1 is 1.18 bits per heavy atom. The molecule has 0 heterocycles. The molecular formula is C14H17ClF2. The van der Waals surface area contributed by atoms with E-state index in [-0.39, 0.29) is 17.0 Å². The number of benzene rings is 1. The molecule has 0 bridgehead atoms. The zero-order valence-corrected chi connectivity index (χ0v) is 10.5. The second kappa shape index (κ2) is 5.81. The van der Waals surface area contributed by atoms with Crippen LogP contribution in [0.15, 0.2) is 18.2 Å². The van der Waals surface area contributed by atoms with Crippen LogP contribution >= 0.6 is 11.6 Å². The fourth-order valence-corrected chi connectivity index (χ4v) is 3.00. The summed E-state index contributed by atoms with van der Waals surface area (Å²) in [6.45, 7) is 0. The van der Waals surface area contributed by atoms with Gasteiger partial charge in [-0.2, -0.15) is 0 Å². The van der Waals surface area contributed by atoms with E-state index in [1.54, 1.807) is 0 Å². The van der Waals surface area contributed by atoms with E-state index in [0.717, 1.165) is 38.2 Å². The normalized spacial score (nSPS) is 25.6. The van der Waals surface area contributed by atoms with Gasteiger partial charge in [0.1, 0.15) is 11.6 Å². The van der Waals surface area contributed by atoms with Crippen molar-refractivity contribution in [2.45, 2.75) is 43.9 Å². The third-order valence-electron chi connectivity index (χ3n) is 3.49. The molecule has 1 fully saturated rings. The van der Waals surface area contributed by atoms with Gasteiger partial charge in [-0.25, -0.2) is 8.78 Å². The molecule has 1 aromatic rings. The third kappa shape index (κ3) is 3.67. The molecule has 0 spiro atoms.